The van der Waals surface area contributed by atoms with Crippen LogP contribution in [0.3, 0.4) is 0 Å². The molecule has 136 valence electrons. The lowest BCUT2D eigenvalue weighted by atomic mass is 10.1. The fourth-order valence-electron chi connectivity index (χ4n) is 2.60. The molecule has 0 heterocycles. The summed E-state index contributed by atoms with van der Waals surface area (Å²) in [4.78, 5) is 26.3. The molecule has 0 N–H and O–H groups in total. The lowest BCUT2D eigenvalue weighted by molar-refractivity contribution is 0.0734. The van der Waals surface area contributed by atoms with Crippen molar-refractivity contribution >= 4 is 17.6 Å². The van der Waals surface area contributed by atoms with Gasteiger partial charge >= 0.3 is 5.97 Å². The minimum atomic E-state index is -0.410. The molecular weight excluding hydrogens is 338 g/mol. The highest BCUT2D eigenvalue weighted by Crippen LogP contribution is 2.21. The summed E-state index contributed by atoms with van der Waals surface area (Å²) in [5.41, 5.74) is 4.02. The molecule has 0 bridgehead atoms. The fourth-order valence-corrected chi connectivity index (χ4v) is 2.60. The van der Waals surface area contributed by atoms with Crippen LogP contribution in [0.4, 0.5) is 5.69 Å². The lowest BCUT2D eigenvalue weighted by Gasteiger charge is -2.18. The Morgan fingerprint density at radius 3 is 1.70 bits per heavy atom. The zero-order valence-electron chi connectivity index (χ0n) is 15.6. The first kappa shape index (κ1) is 18.4. The van der Waals surface area contributed by atoms with Gasteiger partial charge in [-0.3, -0.25) is 4.79 Å². The number of anilines is 1. The van der Waals surface area contributed by atoms with Gasteiger partial charge in [-0.25, -0.2) is 4.79 Å². The minimum Gasteiger partial charge on any atom is -0.423 e. The summed E-state index contributed by atoms with van der Waals surface area (Å²) in [6.07, 6.45) is 0. The number of ether oxygens (including phenoxy) is 1. The zero-order chi connectivity index (χ0) is 19.4. The summed E-state index contributed by atoms with van der Waals surface area (Å²) < 4.78 is 5.39. The van der Waals surface area contributed by atoms with Gasteiger partial charge in [0.25, 0.3) is 5.91 Å². The van der Waals surface area contributed by atoms with Crippen LogP contribution in [0.2, 0.25) is 0 Å². The van der Waals surface area contributed by atoms with Gasteiger partial charge in [0.1, 0.15) is 5.75 Å². The van der Waals surface area contributed by atoms with E-state index in [1.807, 2.05) is 50.2 Å². The number of carbonyl (C=O) groups is 2. The standard InChI is InChI=1S/C23H21NO3/c1-16-4-8-18(9-5-16)22(25)24(3)20-12-14-21(15-13-20)27-23(26)19-10-6-17(2)7-11-19/h4-15H,1-3H3. The SMILES string of the molecule is Cc1ccc(C(=O)Oc2ccc(N(C)C(=O)c3ccc(C)cc3)cc2)cc1. The van der Waals surface area contributed by atoms with E-state index in [1.54, 1.807) is 48.3 Å². The van der Waals surface area contributed by atoms with Gasteiger partial charge in [-0.2, -0.15) is 0 Å². The molecule has 3 aromatic rings. The molecule has 0 aliphatic carbocycles. The van der Waals surface area contributed by atoms with E-state index in [4.69, 9.17) is 4.74 Å². The second-order valence-electron chi connectivity index (χ2n) is 6.48. The van der Waals surface area contributed by atoms with Crippen molar-refractivity contribution < 1.29 is 14.3 Å². The number of aryl methyl sites for hydroxylation is 2. The Bertz CT molecular complexity index is 942. The van der Waals surface area contributed by atoms with Crippen molar-refractivity contribution in [3.05, 3.63) is 95.1 Å². The summed E-state index contributed by atoms with van der Waals surface area (Å²) in [7, 11) is 1.72. The van der Waals surface area contributed by atoms with E-state index in [-0.39, 0.29) is 5.91 Å². The second-order valence-corrected chi connectivity index (χ2v) is 6.48. The molecule has 4 heteroatoms. The number of rotatable bonds is 4. The van der Waals surface area contributed by atoms with E-state index in [0.717, 1.165) is 16.8 Å². The minimum absolute atomic E-state index is 0.0978. The first-order chi connectivity index (χ1) is 12.9. The highest BCUT2D eigenvalue weighted by Gasteiger charge is 2.14. The van der Waals surface area contributed by atoms with Crippen LogP contribution in [-0.2, 0) is 0 Å². The largest absolute Gasteiger partial charge is 0.423 e. The summed E-state index contributed by atoms with van der Waals surface area (Å²) in [5.74, 6) is -0.0771. The quantitative estimate of drug-likeness (QED) is 0.497. The number of hydrogen-bond donors (Lipinski definition) is 0. The van der Waals surface area contributed by atoms with Crippen LogP contribution in [0.25, 0.3) is 0 Å². The fraction of sp³-hybridized carbons (Fsp3) is 0.130. The molecule has 0 saturated heterocycles. The van der Waals surface area contributed by atoms with Crippen LogP contribution in [0.1, 0.15) is 31.8 Å². The third-order valence-electron chi connectivity index (χ3n) is 4.32. The molecule has 0 fully saturated rings. The van der Waals surface area contributed by atoms with Gasteiger partial charge in [0.05, 0.1) is 5.56 Å². The molecule has 0 spiro atoms. The van der Waals surface area contributed by atoms with Crippen molar-refractivity contribution in [1.82, 2.24) is 0 Å². The van der Waals surface area contributed by atoms with Crippen molar-refractivity contribution in [3.8, 4) is 5.75 Å². The molecule has 0 unspecified atom stereocenters. The van der Waals surface area contributed by atoms with Gasteiger partial charge in [0.2, 0.25) is 0 Å². The van der Waals surface area contributed by atoms with Crippen molar-refractivity contribution in [2.24, 2.45) is 0 Å². The molecule has 0 aliphatic rings. The summed E-state index contributed by atoms with van der Waals surface area (Å²) in [6.45, 7) is 3.94. The topological polar surface area (TPSA) is 46.6 Å². The van der Waals surface area contributed by atoms with Crippen LogP contribution in [0, 0.1) is 13.8 Å². The van der Waals surface area contributed by atoms with Gasteiger partial charge in [0.15, 0.2) is 0 Å². The molecule has 0 radical (unpaired) electrons. The Labute approximate surface area is 159 Å². The number of amides is 1. The number of carbonyl (C=O) groups excluding carboxylic acids is 2. The van der Waals surface area contributed by atoms with E-state index >= 15 is 0 Å². The molecule has 0 atom stereocenters. The maximum Gasteiger partial charge on any atom is 0.343 e. The highest BCUT2D eigenvalue weighted by atomic mass is 16.5. The zero-order valence-corrected chi connectivity index (χ0v) is 15.6. The Kier molecular flexibility index (Phi) is 5.36. The van der Waals surface area contributed by atoms with Crippen molar-refractivity contribution in [1.29, 1.82) is 0 Å². The number of benzene rings is 3. The Balaban J connectivity index is 1.69. The number of esters is 1. The van der Waals surface area contributed by atoms with Gasteiger partial charge in [0, 0.05) is 18.3 Å². The summed E-state index contributed by atoms with van der Waals surface area (Å²) in [5, 5.41) is 0. The van der Waals surface area contributed by atoms with Gasteiger partial charge < -0.3 is 9.64 Å². The van der Waals surface area contributed by atoms with E-state index in [1.165, 1.54) is 0 Å². The first-order valence-electron chi connectivity index (χ1n) is 8.68. The molecule has 3 aromatic carbocycles. The predicted octanol–water partition coefficient (Wildman–Crippen LogP) is 4.80. The highest BCUT2D eigenvalue weighted by molar-refractivity contribution is 6.05. The Hall–Kier alpha value is -3.40. The molecule has 4 nitrogen and oxygen atoms in total. The number of nitrogens with zero attached hydrogens (tertiary/aromatic N) is 1. The Morgan fingerprint density at radius 1 is 0.704 bits per heavy atom. The molecule has 0 aliphatic heterocycles. The van der Waals surface area contributed by atoms with Gasteiger partial charge in [-0.05, 0) is 62.4 Å². The smallest absolute Gasteiger partial charge is 0.343 e. The van der Waals surface area contributed by atoms with Crippen molar-refractivity contribution in [2.45, 2.75) is 13.8 Å². The molecule has 27 heavy (non-hydrogen) atoms. The molecular formula is C23H21NO3. The molecule has 0 saturated carbocycles. The molecule has 3 rings (SSSR count). The predicted molar refractivity (Wildman–Crippen MR) is 106 cm³/mol. The number of hydrogen-bond acceptors (Lipinski definition) is 3. The van der Waals surface area contributed by atoms with E-state index in [0.29, 0.717) is 16.9 Å². The van der Waals surface area contributed by atoms with Crippen LogP contribution in [0.15, 0.2) is 72.8 Å². The summed E-state index contributed by atoms with van der Waals surface area (Å²) in [6, 6.07) is 21.5. The average molecular weight is 359 g/mol. The first-order valence-corrected chi connectivity index (χ1v) is 8.68. The maximum atomic E-state index is 12.6. The van der Waals surface area contributed by atoms with Crippen molar-refractivity contribution in [2.75, 3.05) is 11.9 Å². The molecule has 1 amide bonds. The van der Waals surface area contributed by atoms with Gasteiger partial charge in [-0.1, -0.05) is 35.4 Å². The van der Waals surface area contributed by atoms with Crippen molar-refractivity contribution in [3.63, 3.8) is 0 Å². The van der Waals surface area contributed by atoms with E-state index < -0.39 is 5.97 Å². The monoisotopic (exact) mass is 359 g/mol. The third kappa shape index (κ3) is 4.42. The van der Waals surface area contributed by atoms with E-state index in [9.17, 15) is 9.59 Å². The van der Waals surface area contributed by atoms with Crippen LogP contribution >= 0.6 is 0 Å². The normalized spacial score (nSPS) is 10.3. The van der Waals surface area contributed by atoms with Crippen LogP contribution < -0.4 is 9.64 Å². The van der Waals surface area contributed by atoms with Crippen LogP contribution in [0.5, 0.6) is 5.75 Å². The third-order valence-corrected chi connectivity index (χ3v) is 4.32. The maximum absolute atomic E-state index is 12.6. The molecule has 0 aromatic heterocycles. The average Bonchev–Trinajstić information content (AvgIpc) is 2.68. The van der Waals surface area contributed by atoms with Crippen LogP contribution in [-0.4, -0.2) is 18.9 Å². The Morgan fingerprint density at radius 2 is 1.19 bits per heavy atom. The lowest BCUT2D eigenvalue weighted by Crippen LogP contribution is -2.26. The summed E-state index contributed by atoms with van der Waals surface area (Å²) >= 11 is 0. The van der Waals surface area contributed by atoms with E-state index in [2.05, 4.69) is 0 Å². The second kappa shape index (κ2) is 7.87. The van der Waals surface area contributed by atoms with Gasteiger partial charge in [-0.15, -0.1) is 0 Å².